The van der Waals surface area contributed by atoms with Crippen molar-refractivity contribution in [3.8, 4) is 0 Å². The van der Waals surface area contributed by atoms with E-state index in [1.165, 1.54) is 16.7 Å². The van der Waals surface area contributed by atoms with Gasteiger partial charge in [-0.05, 0) is 44.0 Å². The Morgan fingerprint density at radius 2 is 1.75 bits per heavy atom. The highest BCUT2D eigenvalue weighted by atomic mass is 16.4. The average molecular weight is 276 g/mol. The van der Waals surface area contributed by atoms with Gasteiger partial charge in [-0.15, -0.1) is 0 Å². The van der Waals surface area contributed by atoms with Gasteiger partial charge in [-0.2, -0.15) is 0 Å². The number of carboxylic acid groups (broad SMARTS) is 1. The summed E-state index contributed by atoms with van der Waals surface area (Å²) in [5.74, 6) is -0.711. The Morgan fingerprint density at radius 3 is 2.25 bits per heavy atom. The molecule has 2 rings (SSSR count). The summed E-state index contributed by atoms with van der Waals surface area (Å²) in [6, 6.07) is 5.74. The normalized spacial score (nSPS) is 18.9. The first kappa shape index (κ1) is 15.0. The van der Waals surface area contributed by atoms with E-state index in [2.05, 4.69) is 42.8 Å². The van der Waals surface area contributed by atoms with E-state index >= 15 is 0 Å². The topological polar surface area (TPSA) is 43.8 Å². The number of aliphatic carboxylic acids is 1. The lowest BCUT2D eigenvalue weighted by Crippen LogP contribution is -2.52. The molecule has 1 saturated heterocycles. The van der Waals surface area contributed by atoms with Crippen LogP contribution in [0.4, 0.5) is 0 Å². The second kappa shape index (κ2) is 6.37. The predicted molar refractivity (Wildman–Crippen MR) is 80.1 cm³/mol. The number of carbonyl (C=O) groups is 1. The number of hydrogen-bond donors (Lipinski definition) is 1. The summed E-state index contributed by atoms with van der Waals surface area (Å²) < 4.78 is 0. The van der Waals surface area contributed by atoms with Crippen LogP contribution in [-0.2, 0) is 11.2 Å². The van der Waals surface area contributed by atoms with Gasteiger partial charge in [-0.1, -0.05) is 18.2 Å². The lowest BCUT2D eigenvalue weighted by molar-refractivity contribution is -0.144. The number of aryl methyl sites for hydroxylation is 2. The molecule has 0 unspecified atom stereocenters. The highest BCUT2D eigenvalue weighted by molar-refractivity contribution is 5.74. The minimum absolute atomic E-state index is 0.413. The third-order valence-electron chi connectivity index (χ3n) is 4.31. The van der Waals surface area contributed by atoms with E-state index < -0.39 is 12.0 Å². The van der Waals surface area contributed by atoms with Crippen molar-refractivity contribution in [3.63, 3.8) is 0 Å². The van der Waals surface area contributed by atoms with Gasteiger partial charge in [0.2, 0.25) is 0 Å². The molecular weight excluding hydrogens is 252 g/mol. The zero-order chi connectivity index (χ0) is 14.7. The molecule has 4 nitrogen and oxygen atoms in total. The van der Waals surface area contributed by atoms with Gasteiger partial charge in [0.25, 0.3) is 0 Å². The third kappa shape index (κ3) is 3.38. The monoisotopic (exact) mass is 276 g/mol. The van der Waals surface area contributed by atoms with E-state index in [0.29, 0.717) is 6.42 Å². The Hall–Kier alpha value is -1.39. The van der Waals surface area contributed by atoms with E-state index in [-0.39, 0.29) is 0 Å². The molecule has 1 fully saturated rings. The SMILES string of the molecule is Cc1cccc(C)c1C[C@H](C(=O)O)N1CCN(C)CC1. The Labute approximate surface area is 121 Å². The molecule has 0 aromatic heterocycles. The molecule has 0 amide bonds. The fourth-order valence-corrected chi connectivity index (χ4v) is 2.87. The van der Waals surface area contributed by atoms with Crippen molar-refractivity contribution in [2.75, 3.05) is 33.2 Å². The molecule has 110 valence electrons. The number of rotatable bonds is 4. The van der Waals surface area contributed by atoms with Crippen LogP contribution < -0.4 is 0 Å². The summed E-state index contributed by atoms with van der Waals surface area (Å²) in [4.78, 5) is 16.0. The number of nitrogens with zero attached hydrogens (tertiary/aromatic N) is 2. The first-order valence-electron chi connectivity index (χ1n) is 7.19. The van der Waals surface area contributed by atoms with Crippen LogP contribution >= 0.6 is 0 Å². The van der Waals surface area contributed by atoms with Gasteiger partial charge in [0, 0.05) is 26.2 Å². The molecule has 1 N–H and O–H groups in total. The number of likely N-dealkylation sites (N-methyl/N-ethyl adjacent to an activating group) is 1. The van der Waals surface area contributed by atoms with Crippen molar-refractivity contribution < 1.29 is 9.90 Å². The van der Waals surface area contributed by atoms with Crippen molar-refractivity contribution in [2.45, 2.75) is 26.3 Å². The molecule has 1 aromatic carbocycles. The largest absolute Gasteiger partial charge is 0.480 e. The van der Waals surface area contributed by atoms with Crippen molar-refractivity contribution >= 4 is 5.97 Å². The van der Waals surface area contributed by atoms with Crippen LogP contribution in [0.5, 0.6) is 0 Å². The van der Waals surface area contributed by atoms with Crippen molar-refractivity contribution in [3.05, 3.63) is 34.9 Å². The van der Waals surface area contributed by atoms with E-state index in [1.807, 2.05) is 6.07 Å². The predicted octanol–water partition coefficient (Wildman–Crippen LogP) is 1.55. The molecule has 0 saturated carbocycles. The highest BCUT2D eigenvalue weighted by Gasteiger charge is 2.28. The first-order chi connectivity index (χ1) is 9.49. The highest BCUT2D eigenvalue weighted by Crippen LogP contribution is 2.18. The first-order valence-corrected chi connectivity index (χ1v) is 7.19. The van der Waals surface area contributed by atoms with Gasteiger partial charge in [0.05, 0.1) is 0 Å². The Morgan fingerprint density at radius 1 is 1.20 bits per heavy atom. The lowest BCUT2D eigenvalue weighted by atomic mass is 9.95. The number of piperazine rings is 1. The molecule has 0 radical (unpaired) electrons. The quantitative estimate of drug-likeness (QED) is 0.906. The summed E-state index contributed by atoms with van der Waals surface area (Å²) in [5, 5.41) is 9.58. The van der Waals surface area contributed by atoms with Crippen LogP contribution in [0.2, 0.25) is 0 Å². The van der Waals surface area contributed by atoms with E-state index in [4.69, 9.17) is 0 Å². The minimum atomic E-state index is -0.711. The summed E-state index contributed by atoms with van der Waals surface area (Å²) in [5.41, 5.74) is 3.55. The van der Waals surface area contributed by atoms with Gasteiger partial charge in [-0.3, -0.25) is 9.69 Å². The van der Waals surface area contributed by atoms with E-state index in [9.17, 15) is 9.90 Å². The third-order valence-corrected chi connectivity index (χ3v) is 4.31. The van der Waals surface area contributed by atoms with Crippen LogP contribution in [0.15, 0.2) is 18.2 Å². The maximum Gasteiger partial charge on any atom is 0.321 e. The lowest BCUT2D eigenvalue weighted by Gasteiger charge is -2.36. The zero-order valence-electron chi connectivity index (χ0n) is 12.6. The van der Waals surface area contributed by atoms with Crippen LogP contribution in [0, 0.1) is 13.8 Å². The molecule has 1 heterocycles. The van der Waals surface area contributed by atoms with Gasteiger partial charge in [0.1, 0.15) is 6.04 Å². The Bertz CT molecular complexity index is 459. The molecule has 1 aliphatic heterocycles. The van der Waals surface area contributed by atoms with Gasteiger partial charge in [-0.25, -0.2) is 0 Å². The average Bonchev–Trinajstić information content (AvgIpc) is 2.39. The van der Waals surface area contributed by atoms with Crippen molar-refractivity contribution in [2.24, 2.45) is 0 Å². The maximum absolute atomic E-state index is 11.7. The van der Waals surface area contributed by atoms with Crippen LogP contribution in [-0.4, -0.2) is 60.1 Å². The van der Waals surface area contributed by atoms with E-state index in [0.717, 1.165) is 26.2 Å². The molecule has 1 aliphatic rings. The number of hydrogen-bond acceptors (Lipinski definition) is 3. The molecule has 0 spiro atoms. The van der Waals surface area contributed by atoms with Crippen LogP contribution in [0.25, 0.3) is 0 Å². The molecule has 1 atom stereocenters. The number of carboxylic acids is 1. The maximum atomic E-state index is 11.7. The smallest absolute Gasteiger partial charge is 0.321 e. The second-order valence-electron chi connectivity index (χ2n) is 5.77. The van der Waals surface area contributed by atoms with E-state index in [1.54, 1.807) is 0 Å². The summed E-state index contributed by atoms with van der Waals surface area (Å²) in [6.07, 6.45) is 0.595. The summed E-state index contributed by atoms with van der Waals surface area (Å²) >= 11 is 0. The standard InChI is InChI=1S/C16H24N2O2/c1-12-5-4-6-13(2)14(12)11-15(16(19)20)18-9-7-17(3)8-10-18/h4-6,15H,7-11H2,1-3H3,(H,19,20)/t15-/m1/s1. The van der Waals surface area contributed by atoms with Crippen LogP contribution in [0.3, 0.4) is 0 Å². The Kier molecular flexibility index (Phi) is 4.78. The second-order valence-corrected chi connectivity index (χ2v) is 5.77. The van der Waals surface area contributed by atoms with Crippen molar-refractivity contribution in [1.29, 1.82) is 0 Å². The fourth-order valence-electron chi connectivity index (χ4n) is 2.87. The van der Waals surface area contributed by atoms with Crippen molar-refractivity contribution in [1.82, 2.24) is 9.80 Å². The zero-order valence-corrected chi connectivity index (χ0v) is 12.6. The Balaban J connectivity index is 2.16. The number of benzene rings is 1. The summed E-state index contributed by atoms with van der Waals surface area (Å²) in [7, 11) is 2.08. The molecular formula is C16H24N2O2. The molecule has 20 heavy (non-hydrogen) atoms. The molecule has 4 heteroatoms. The minimum Gasteiger partial charge on any atom is -0.480 e. The molecule has 0 aliphatic carbocycles. The molecule has 1 aromatic rings. The molecule has 0 bridgehead atoms. The van der Waals surface area contributed by atoms with Crippen LogP contribution in [0.1, 0.15) is 16.7 Å². The van der Waals surface area contributed by atoms with Gasteiger partial charge < -0.3 is 10.0 Å². The van der Waals surface area contributed by atoms with Gasteiger partial charge in [0.15, 0.2) is 0 Å². The summed E-state index contributed by atoms with van der Waals surface area (Å²) in [6.45, 7) is 7.67. The van der Waals surface area contributed by atoms with Gasteiger partial charge >= 0.3 is 5.97 Å². The fraction of sp³-hybridized carbons (Fsp3) is 0.562.